The van der Waals surface area contributed by atoms with Crippen molar-refractivity contribution in [1.82, 2.24) is 20.1 Å². The molecule has 172 valence electrons. The predicted molar refractivity (Wildman–Crippen MR) is 131 cm³/mol. The van der Waals surface area contributed by atoms with Crippen LogP contribution >= 0.6 is 23.1 Å². The van der Waals surface area contributed by atoms with Gasteiger partial charge in [-0.05, 0) is 48.6 Å². The number of para-hydroxylation sites is 1. The fourth-order valence-corrected chi connectivity index (χ4v) is 4.91. The Labute approximate surface area is 203 Å². The molecule has 0 aliphatic heterocycles. The van der Waals surface area contributed by atoms with Gasteiger partial charge in [0.25, 0.3) is 5.91 Å². The van der Waals surface area contributed by atoms with Crippen LogP contribution in [0, 0.1) is 5.82 Å². The van der Waals surface area contributed by atoms with E-state index in [0.29, 0.717) is 27.1 Å². The first kappa shape index (κ1) is 22.3. The maximum atomic E-state index is 14.5. The number of thiophene rings is 1. The molecule has 4 aromatic rings. The number of carbonyl (C=O) groups is 2. The number of benzene rings is 2. The zero-order valence-electron chi connectivity index (χ0n) is 17.9. The van der Waals surface area contributed by atoms with Crippen LogP contribution in [0.4, 0.5) is 9.39 Å². The average Bonchev–Trinajstić information content (AvgIpc) is 3.37. The second-order valence-corrected chi connectivity index (χ2v) is 9.56. The van der Waals surface area contributed by atoms with Crippen LogP contribution in [-0.2, 0) is 4.79 Å². The number of hydrogen-bond donors (Lipinski definition) is 2. The van der Waals surface area contributed by atoms with Gasteiger partial charge in [0.15, 0.2) is 11.0 Å². The van der Waals surface area contributed by atoms with Crippen LogP contribution in [0.5, 0.6) is 0 Å². The van der Waals surface area contributed by atoms with E-state index in [1.807, 2.05) is 30.3 Å². The van der Waals surface area contributed by atoms with Crippen LogP contribution in [0.3, 0.4) is 0 Å². The highest BCUT2D eigenvalue weighted by atomic mass is 32.2. The van der Waals surface area contributed by atoms with Gasteiger partial charge in [0.1, 0.15) is 10.8 Å². The van der Waals surface area contributed by atoms with E-state index in [2.05, 4.69) is 20.8 Å². The minimum Gasteiger partial charge on any atom is -0.349 e. The first-order chi connectivity index (χ1) is 16.6. The number of nitrogens with zero attached hydrogens (tertiary/aromatic N) is 3. The van der Waals surface area contributed by atoms with Crippen molar-refractivity contribution in [3.63, 3.8) is 0 Å². The molecule has 0 saturated heterocycles. The standard InChI is InChI=1S/C24H20FN5O2S2/c25-19-9-5-4-8-17(19)21-28-29-24(30(21)16-6-2-1-3-7-16)34-14-20(31)27-23-18(12-13-33-23)22(32)26-15-10-11-15/h1-9,12-13,15H,10-11,14H2,(H,26,32)(H,27,31). The molecule has 2 aromatic carbocycles. The van der Waals surface area contributed by atoms with E-state index in [-0.39, 0.29) is 23.6 Å². The van der Waals surface area contributed by atoms with Gasteiger partial charge < -0.3 is 10.6 Å². The molecule has 2 aromatic heterocycles. The van der Waals surface area contributed by atoms with Crippen molar-refractivity contribution in [3.05, 3.63) is 77.4 Å². The minimum atomic E-state index is -0.406. The molecular weight excluding hydrogens is 473 g/mol. The average molecular weight is 494 g/mol. The van der Waals surface area contributed by atoms with Gasteiger partial charge in [0.2, 0.25) is 5.91 Å². The maximum Gasteiger partial charge on any atom is 0.254 e. The quantitative estimate of drug-likeness (QED) is 0.346. The lowest BCUT2D eigenvalue weighted by molar-refractivity contribution is -0.113. The molecule has 1 aliphatic carbocycles. The van der Waals surface area contributed by atoms with Crippen molar-refractivity contribution in [2.45, 2.75) is 24.0 Å². The fraction of sp³-hybridized carbons (Fsp3) is 0.167. The summed E-state index contributed by atoms with van der Waals surface area (Å²) in [4.78, 5) is 25.1. The van der Waals surface area contributed by atoms with Crippen molar-refractivity contribution < 1.29 is 14.0 Å². The molecule has 1 saturated carbocycles. The van der Waals surface area contributed by atoms with E-state index >= 15 is 0 Å². The zero-order valence-corrected chi connectivity index (χ0v) is 19.5. The van der Waals surface area contributed by atoms with Gasteiger partial charge in [0.05, 0.1) is 16.9 Å². The van der Waals surface area contributed by atoms with E-state index in [0.717, 1.165) is 18.5 Å². The van der Waals surface area contributed by atoms with Gasteiger partial charge in [-0.25, -0.2) is 4.39 Å². The van der Waals surface area contributed by atoms with Gasteiger partial charge in [-0.1, -0.05) is 42.1 Å². The molecule has 1 aliphatic rings. The Kier molecular flexibility index (Phi) is 6.41. The van der Waals surface area contributed by atoms with Crippen molar-refractivity contribution in [1.29, 1.82) is 0 Å². The molecule has 0 atom stereocenters. The summed E-state index contributed by atoms with van der Waals surface area (Å²) in [6, 6.07) is 17.7. The Bertz CT molecular complexity index is 1330. The third-order valence-corrected chi connectivity index (χ3v) is 6.93. The first-order valence-corrected chi connectivity index (χ1v) is 12.5. The lowest BCUT2D eigenvalue weighted by atomic mass is 10.2. The van der Waals surface area contributed by atoms with Crippen LogP contribution < -0.4 is 10.6 Å². The smallest absolute Gasteiger partial charge is 0.254 e. The number of thioether (sulfide) groups is 1. The van der Waals surface area contributed by atoms with Gasteiger partial charge in [-0.15, -0.1) is 21.5 Å². The summed E-state index contributed by atoms with van der Waals surface area (Å²) in [5.74, 6) is -0.460. The Morgan fingerprint density at radius 2 is 1.82 bits per heavy atom. The molecule has 10 heteroatoms. The predicted octanol–water partition coefficient (Wildman–Crippen LogP) is 4.76. The van der Waals surface area contributed by atoms with Crippen LogP contribution in [0.25, 0.3) is 17.1 Å². The van der Waals surface area contributed by atoms with E-state index in [1.165, 1.54) is 29.2 Å². The van der Waals surface area contributed by atoms with Crippen molar-refractivity contribution in [2.24, 2.45) is 0 Å². The largest absolute Gasteiger partial charge is 0.349 e. The van der Waals surface area contributed by atoms with Crippen molar-refractivity contribution >= 4 is 39.9 Å². The van der Waals surface area contributed by atoms with E-state index in [1.54, 1.807) is 34.2 Å². The molecular formula is C24H20FN5O2S2. The van der Waals surface area contributed by atoms with Crippen LogP contribution in [0.2, 0.25) is 0 Å². The topological polar surface area (TPSA) is 88.9 Å². The van der Waals surface area contributed by atoms with E-state index in [9.17, 15) is 14.0 Å². The number of aromatic nitrogens is 3. The zero-order chi connectivity index (χ0) is 23.5. The maximum absolute atomic E-state index is 14.5. The number of halogens is 1. The third-order valence-electron chi connectivity index (χ3n) is 5.17. The summed E-state index contributed by atoms with van der Waals surface area (Å²) in [5, 5.41) is 17.0. The summed E-state index contributed by atoms with van der Waals surface area (Å²) in [6.07, 6.45) is 1.98. The molecule has 0 radical (unpaired) electrons. The van der Waals surface area contributed by atoms with E-state index in [4.69, 9.17) is 0 Å². The number of hydrogen-bond acceptors (Lipinski definition) is 6. The molecule has 2 amide bonds. The Morgan fingerprint density at radius 3 is 2.59 bits per heavy atom. The fourth-order valence-electron chi connectivity index (χ4n) is 3.36. The second kappa shape index (κ2) is 9.78. The molecule has 7 nitrogen and oxygen atoms in total. The highest BCUT2D eigenvalue weighted by molar-refractivity contribution is 7.99. The summed E-state index contributed by atoms with van der Waals surface area (Å²) in [5.41, 5.74) is 1.54. The van der Waals surface area contributed by atoms with Crippen LogP contribution in [-0.4, -0.2) is 38.4 Å². The number of anilines is 1. The van der Waals surface area contributed by atoms with Gasteiger partial charge in [-0.2, -0.15) is 0 Å². The number of carbonyl (C=O) groups excluding carboxylic acids is 2. The molecule has 0 spiro atoms. The SMILES string of the molecule is O=C(CSc1nnc(-c2ccccc2F)n1-c1ccccc1)Nc1sccc1C(=O)NC1CC1. The van der Waals surface area contributed by atoms with Crippen molar-refractivity contribution in [2.75, 3.05) is 11.1 Å². The molecule has 1 fully saturated rings. The third kappa shape index (κ3) is 4.87. The second-order valence-electron chi connectivity index (χ2n) is 7.70. The number of amides is 2. The number of nitrogens with one attached hydrogen (secondary N) is 2. The molecule has 34 heavy (non-hydrogen) atoms. The highest BCUT2D eigenvalue weighted by Crippen LogP contribution is 2.30. The summed E-state index contributed by atoms with van der Waals surface area (Å²) < 4.78 is 16.2. The molecule has 5 rings (SSSR count). The van der Waals surface area contributed by atoms with Crippen LogP contribution in [0.15, 0.2) is 71.2 Å². The molecule has 2 N–H and O–H groups in total. The number of rotatable bonds is 8. The summed E-state index contributed by atoms with van der Waals surface area (Å²) >= 11 is 2.49. The molecule has 0 unspecified atom stereocenters. The Balaban J connectivity index is 1.34. The molecule has 2 heterocycles. The minimum absolute atomic E-state index is 0.0455. The first-order valence-electron chi connectivity index (χ1n) is 10.7. The highest BCUT2D eigenvalue weighted by Gasteiger charge is 2.26. The Morgan fingerprint density at radius 1 is 1.06 bits per heavy atom. The van der Waals surface area contributed by atoms with E-state index < -0.39 is 5.82 Å². The molecule has 0 bridgehead atoms. The van der Waals surface area contributed by atoms with Gasteiger partial charge in [0, 0.05) is 11.7 Å². The van der Waals surface area contributed by atoms with Crippen LogP contribution in [0.1, 0.15) is 23.2 Å². The summed E-state index contributed by atoms with van der Waals surface area (Å²) in [7, 11) is 0. The van der Waals surface area contributed by atoms with Gasteiger partial charge >= 0.3 is 0 Å². The summed E-state index contributed by atoms with van der Waals surface area (Å²) in [6.45, 7) is 0. The monoisotopic (exact) mass is 493 g/mol. The lowest BCUT2D eigenvalue weighted by Gasteiger charge is -2.11. The lowest BCUT2D eigenvalue weighted by Crippen LogP contribution is -2.26. The van der Waals surface area contributed by atoms with Gasteiger partial charge in [-0.3, -0.25) is 14.2 Å². The van der Waals surface area contributed by atoms with Crippen molar-refractivity contribution in [3.8, 4) is 17.1 Å². The Hall–Kier alpha value is -3.50. The normalized spacial score (nSPS) is 13.0.